The first-order chi connectivity index (χ1) is 7.11. The summed E-state index contributed by atoms with van der Waals surface area (Å²) < 4.78 is 9.90. The highest BCUT2D eigenvalue weighted by molar-refractivity contribution is 7.99. The molecule has 90 valence electrons. The summed E-state index contributed by atoms with van der Waals surface area (Å²) in [5, 5.41) is 0. The third kappa shape index (κ3) is 7.64. The number of ether oxygens (including phenoxy) is 2. The van der Waals surface area contributed by atoms with Crippen LogP contribution in [-0.4, -0.2) is 43.3 Å². The van der Waals surface area contributed by atoms with E-state index in [2.05, 4.69) is 0 Å². The highest BCUT2D eigenvalue weighted by atomic mass is 32.2. The number of thioether (sulfide) groups is 1. The quantitative estimate of drug-likeness (QED) is 0.503. The Labute approximate surface area is 95.9 Å². The molecule has 2 unspecified atom stereocenters. The third-order valence-electron chi connectivity index (χ3n) is 1.92. The van der Waals surface area contributed by atoms with Crippen molar-refractivity contribution < 1.29 is 14.3 Å². The summed E-state index contributed by atoms with van der Waals surface area (Å²) >= 11 is 1.74. The van der Waals surface area contributed by atoms with Gasteiger partial charge in [0, 0.05) is 12.9 Å². The molecule has 4 nitrogen and oxygen atoms in total. The van der Waals surface area contributed by atoms with Crippen LogP contribution < -0.4 is 5.73 Å². The molecule has 0 aliphatic rings. The van der Waals surface area contributed by atoms with Gasteiger partial charge in [-0.25, -0.2) is 0 Å². The van der Waals surface area contributed by atoms with Crippen LogP contribution in [0, 0.1) is 0 Å². The van der Waals surface area contributed by atoms with Crippen LogP contribution in [0.1, 0.15) is 20.3 Å². The topological polar surface area (TPSA) is 61.5 Å². The fraction of sp³-hybridized carbons (Fsp3) is 0.900. The van der Waals surface area contributed by atoms with E-state index in [4.69, 9.17) is 15.2 Å². The first kappa shape index (κ1) is 14.7. The molecule has 0 spiro atoms. The summed E-state index contributed by atoms with van der Waals surface area (Å²) in [7, 11) is 1.69. The molecule has 0 rings (SSSR count). The van der Waals surface area contributed by atoms with Crippen molar-refractivity contribution in [2.45, 2.75) is 32.4 Å². The highest BCUT2D eigenvalue weighted by Crippen LogP contribution is 2.08. The fourth-order valence-corrected chi connectivity index (χ4v) is 1.95. The molecule has 0 aromatic rings. The molecule has 0 saturated heterocycles. The Morgan fingerprint density at radius 1 is 1.53 bits per heavy atom. The lowest BCUT2D eigenvalue weighted by Crippen LogP contribution is -2.32. The minimum atomic E-state index is -0.490. The summed E-state index contributed by atoms with van der Waals surface area (Å²) in [6.45, 7) is 4.18. The smallest absolute Gasteiger partial charge is 0.322 e. The Balaban J connectivity index is 3.46. The summed E-state index contributed by atoms with van der Waals surface area (Å²) in [6.07, 6.45) is 0.897. The van der Waals surface area contributed by atoms with Crippen LogP contribution in [0.15, 0.2) is 0 Å². The number of carbonyl (C=O) groups excluding carboxylic acids is 1. The molecule has 0 amide bonds. The van der Waals surface area contributed by atoms with Crippen LogP contribution in [0.2, 0.25) is 0 Å². The molecule has 0 saturated carbocycles. The van der Waals surface area contributed by atoms with E-state index in [1.807, 2.05) is 6.92 Å². The first-order valence-corrected chi connectivity index (χ1v) is 6.30. The average molecular weight is 235 g/mol. The number of hydrogen-bond acceptors (Lipinski definition) is 5. The molecule has 0 aliphatic carbocycles. The maximum Gasteiger partial charge on any atom is 0.322 e. The van der Waals surface area contributed by atoms with Crippen molar-refractivity contribution in [1.29, 1.82) is 0 Å². The molecule has 0 bridgehead atoms. The second-order valence-electron chi connectivity index (χ2n) is 3.27. The predicted molar refractivity (Wildman–Crippen MR) is 63.0 cm³/mol. The monoisotopic (exact) mass is 235 g/mol. The van der Waals surface area contributed by atoms with E-state index >= 15 is 0 Å². The maximum atomic E-state index is 11.1. The Kier molecular flexibility index (Phi) is 8.85. The van der Waals surface area contributed by atoms with E-state index in [1.165, 1.54) is 0 Å². The molecular weight excluding hydrogens is 214 g/mol. The minimum Gasteiger partial charge on any atom is -0.465 e. The number of carbonyl (C=O) groups is 1. The Morgan fingerprint density at radius 3 is 2.73 bits per heavy atom. The van der Waals surface area contributed by atoms with Crippen molar-refractivity contribution in [3.8, 4) is 0 Å². The van der Waals surface area contributed by atoms with Gasteiger partial charge in [0.05, 0.1) is 12.7 Å². The molecule has 0 aliphatic heterocycles. The van der Waals surface area contributed by atoms with Crippen LogP contribution >= 0.6 is 11.8 Å². The second kappa shape index (κ2) is 9.00. The van der Waals surface area contributed by atoms with Crippen LogP contribution in [-0.2, 0) is 14.3 Å². The van der Waals surface area contributed by atoms with Gasteiger partial charge in [-0.15, -0.1) is 0 Å². The van der Waals surface area contributed by atoms with E-state index in [-0.39, 0.29) is 12.1 Å². The van der Waals surface area contributed by atoms with Gasteiger partial charge in [-0.3, -0.25) is 4.79 Å². The molecule has 15 heavy (non-hydrogen) atoms. The number of hydrogen-bond donors (Lipinski definition) is 1. The van der Waals surface area contributed by atoms with Crippen LogP contribution in [0.25, 0.3) is 0 Å². The molecule has 0 aromatic carbocycles. The highest BCUT2D eigenvalue weighted by Gasteiger charge is 2.13. The Hall–Kier alpha value is -0.260. The molecular formula is C10H21NO3S. The Bertz CT molecular complexity index is 178. The normalized spacial score (nSPS) is 14.7. The van der Waals surface area contributed by atoms with Gasteiger partial charge in [-0.05, 0) is 26.0 Å². The SMILES string of the molecule is CCOC(=O)C(N)CCSCC(C)OC. The van der Waals surface area contributed by atoms with E-state index in [9.17, 15) is 4.79 Å². The molecule has 5 heteroatoms. The lowest BCUT2D eigenvalue weighted by Gasteiger charge is -2.11. The first-order valence-electron chi connectivity index (χ1n) is 5.14. The van der Waals surface area contributed by atoms with Crippen molar-refractivity contribution in [2.24, 2.45) is 5.73 Å². The van der Waals surface area contributed by atoms with Gasteiger partial charge >= 0.3 is 5.97 Å². The van der Waals surface area contributed by atoms with Gasteiger partial charge in [0.2, 0.25) is 0 Å². The zero-order valence-corrected chi connectivity index (χ0v) is 10.5. The second-order valence-corrected chi connectivity index (χ2v) is 4.42. The summed E-state index contributed by atoms with van der Waals surface area (Å²) in [4.78, 5) is 11.1. The zero-order valence-electron chi connectivity index (χ0n) is 9.69. The lowest BCUT2D eigenvalue weighted by molar-refractivity contribution is -0.144. The summed E-state index contributed by atoms with van der Waals surface area (Å²) in [6, 6.07) is -0.490. The number of nitrogens with two attached hydrogens (primary N) is 1. The molecule has 2 N–H and O–H groups in total. The van der Waals surface area contributed by atoms with Crippen LogP contribution in [0.5, 0.6) is 0 Å². The van der Waals surface area contributed by atoms with Crippen molar-refractivity contribution in [3.05, 3.63) is 0 Å². The van der Waals surface area contributed by atoms with E-state index < -0.39 is 6.04 Å². The summed E-state index contributed by atoms with van der Waals surface area (Å²) in [5.74, 6) is 1.47. The third-order valence-corrected chi connectivity index (χ3v) is 3.15. The van der Waals surface area contributed by atoms with Gasteiger partial charge in [0.25, 0.3) is 0 Å². The van der Waals surface area contributed by atoms with Gasteiger partial charge in [-0.2, -0.15) is 11.8 Å². The van der Waals surface area contributed by atoms with E-state index in [0.29, 0.717) is 13.0 Å². The number of esters is 1. The molecule has 0 aromatic heterocycles. The fourth-order valence-electron chi connectivity index (χ4n) is 0.895. The van der Waals surface area contributed by atoms with Crippen molar-refractivity contribution in [3.63, 3.8) is 0 Å². The molecule has 2 atom stereocenters. The van der Waals surface area contributed by atoms with E-state index in [1.54, 1.807) is 25.8 Å². The van der Waals surface area contributed by atoms with E-state index in [0.717, 1.165) is 11.5 Å². The lowest BCUT2D eigenvalue weighted by atomic mass is 10.2. The van der Waals surface area contributed by atoms with Gasteiger partial charge in [0.1, 0.15) is 6.04 Å². The van der Waals surface area contributed by atoms with Crippen LogP contribution in [0.4, 0.5) is 0 Å². The standard InChI is InChI=1S/C10H21NO3S/c1-4-14-10(12)9(11)5-6-15-7-8(2)13-3/h8-9H,4-7,11H2,1-3H3. The minimum absolute atomic E-state index is 0.244. The molecule has 0 radical (unpaired) electrons. The average Bonchev–Trinajstić information content (AvgIpc) is 2.23. The van der Waals surface area contributed by atoms with Crippen molar-refractivity contribution >= 4 is 17.7 Å². The number of methoxy groups -OCH3 is 1. The van der Waals surface area contributed by atoms with Crippen molar-refractivity contribution in [1.82, 2.24) is 0 Å². The Morgan fingerprint density at radius 2 is 2.20 bits per heavy atom. The van der Waals surface area contributed by atoms with Crippen LogP contribution in [0.3, 0.4) is 0 Å². The summed E-state index contributed by atoms with van der Waals surface area (Å²) in [5.41, 5.74) is 5.63. The predicted octanol–water partition coefficient (Wildman–Crippen LogP) is 1.03. The van der Waals surface area contributed by atoms with Gasteiger partial charge in [0.15, 0.2) is 0 Å². The molecule has 0 heterocycles. The zero-order chi connectivity index (χ0) is 11.7. The number of rotatable bonds is 8. The molecule has 0 fully saturated rings. The largest absolute Gasteiger partial charge is 0.465 e. The van der Waals surface area contributed by atoms with Crippen molar-refractivity contribution in [2.75, 3.05) is 25.2 Å². The van der Waals surface area contributed by atoms with Gasteiger partial charge in [-0.1, -0.05) is 0 Å². The maximum absolute atomic E-state index is 11.1. The van der Waals surface area contributed by atoms with Gasteiger partial charge < -0.3 is 15.2 Å².